The first-order chi connectivity index (χ1) is 12.4. The zero-order chi connectivity index (χ0) is 18.6. The average Bonchev–Trinajstić information content (AvgIpc) is 3.36. The zero-order valence-corrected chi connectivity index (χ0v) is 19.1. The summed E-state index contributed by atoms with van der Waals surface area (Å²) in [6.45, 7) is 5.63. The lowest BCUT2D eigenvalue weighted by Crippen LogP contribution is -2.45. The van der Waals surface area contributed by atoms with Crippen molar-refractivity contribution in [3.63, 3.8) is 0 Å². The topological polar surface area (TPSA) is 61.4 Å². The van der Waals surface area contributed by atoms with Crippen LogP contribution in [0.25, 0.3) is 6.08 Å². The second-order valence-corrected chi connectivity index (χ2v) is 9.53. The molecular formula is C20H33Cl2N3O2S. The fourth-order valence-electron chi connectivity index (χ4n) is 3.82. The molecule has 0 radical (unpaired) electrons. The summed E-state index contributed by atoms with van der Waals surface area (Å²) in [5.41, 5.74) is 2.75. The number of nitrogens with zero attached hydrogens (tertiary/aromatic N) is 1. The van der Waals surface area contributed by atoms with Crippen LogP contribution in [0.2, 0.25) is 0 Å². The highest BCUT2D eigenvalue weighted by Crippen LogP contribution is 2.38. The first kappa shape index (κ1) is 25.4. The number of hydrogen-bond acceptors (Lipinski definition) is 4. The number of rotatable bonds is 8. The van der Waals surface area contributed by atoms with Crippen molar-refractivity contribution in [3.8, 4) is 0 Å². The molecule has 2 fully saturated rings. The second-order valence-electron chi connectivity index (χ2n) is 7.70. The van der Waals surface area contributed by atoms with Gasteiger partial charge in [0.05, 0.1) is 6.26 Å². The van der Waals surface area contributed by atoms with Gasteiger partial charge in [-0.25, -0.2) is 13.1 Å². The van der Waals surface area contributed by atoms with E-state index in [-0.39, 0.29) is 24.8 Å². The van der Waals surface area contributed by atoms with E-state index in [1.165, 1.54) is 23.8 Å². The average molecular weight is 450 g/mol. The van der Waals surface area contributed by atoms with Crippen LogP contribution in [0.5, 0.6) is 0 Å². The molecule has 2 aliphatic rings. The van der Waals surface area contributed by atoms with E-state index < -0.39 is 10.0 Å². The van der Waals surface area contributed by atoms with Crippen molar-refractivity contribution in [1.29, 1.82) is 0 Å². The molecule has 2 N–H and O–H groups in total. The predicted octanol–water partition coefficient (Wildman–Crippen LogP) is 2.93. The minimum atomic E-state index is -3.07. The third kappa shape index (κ3) is 8.39. The lowest BCUT2D eigenvalue weighted by molar-refractivity contribution is 0.199. The molecule has 5 nitrogen and oxygen atoms in total. The van der Waals surface area contributed by atoms with E-state index in [1.807, 2.05) is 0 Å². The number of piperidine rings is 1. The van der Waals surface area contributed by atoms with Crippen molar-refractivity contribution in [2.75, 3.05) is 32.4 Å². The molecule has 1 saturated heterocycles. The Morgan fingerprint density at radius 2 is 1.82 bits per heavy atom. The standard InChI is InChI=1S/C20H31N3O2S.2ClH/c1-16(14-17-6-4-3-5-7-17)19-15-20(19)22-18-8-11-23(12-9-18)13-10-21-26(2,24)25;;/h3-7,14,18-22H,8-13,15H2,1-2H3;2*1H/b16-14+;;/t19-,20+;;/m0../s1. The van der Waals surface area contributed by atoms with Gasteiger partial charge < -0.3 is 10.2 Å². The Morgan fingerprint density at radius 3 is 2.43 bits per heavy atom. The molecule has 1 aliphatic heterocycles. The lowest BCUT2D eigenvalue weighted by atomic mass is 10.0. The number of halogens is 2. The van der Waals surface area contributed by atoms with Crippen LogP contribution < -0.4 is 10.0 Å². The van der Waals surface area contributed by atoms with Gasteiger partial charge in [0, 0.05) is 25.2 Å². The molecular weight excluding hydrogens is 417 g/mol. The minimum Gasteiger partial charge on any atom is -0.311 e. The lowest BCUT2D eigenvalue weighted by Gasteiger charge is -2.32. The molecule has 3 rings (SSSR count). The van der Waals surface area contributed by atoms with Crippen molar-refractivity contribution >= 4 is 40.9 Å². The van der Waals surface area contributed by atoms with Crippen LogP contribution in [-0.2, 0) is 10.0 Å². The van der Waals surface area contributed by atoms with Gasteiger partial charge >= 0.3 is 0 Å². The summed E-state index contributed by atoms with van der Waals surface area (Å²) in [7, 11) is -3.07. The quantitative estimate of drug-likeness (QED) is 0.640. The Hall–Kier alpha value is -0.630. The Balaban J connectivity index is 0.00000196. The van der Waals surface area contributed by atoms with Crippen LogP contribution in [0, 0.1) is 5.92 Å². The van der Waals surface area contributed by atoms with Crippen LogP contribution >= 0.6 is 24.8 Å². The van der Waals surface area contributed by atoms with E-state index >= 15 is 0 Å². The maximum absolute atomic E-state index is 11.1. The molecule has 1 aromatic carbocycles. The molecule has 1 aliphatic carbocycles. The molecule has 0 unspecified atom stereocenters. The van der Waals surface area contributed by atoms with Crippen molar-refractivity contribution in [2.24, 2.45) is 5.92 Å². The highest BCUT2D eigenvalue weighted by atomic mass is 35.5. The number of nitrogens with one attached hydrogen (secondary N) is 2. The monoisotopic (exact) mass is 449 g/mol. The molecule has 0 spiro atoms. The van der Waals surface area contributed by atoms with E-state index in [0.717, 1.165) is 32.5 Å². The molecule has 0 bridgehead atoms. The van der Waals surface area contributed by atoms with E-state index in [0.29, 0.717) is 24.5 Å². The van der Waals surface area contributed by atoms with Crippen LogP contribution in [0.3, 0.4) is 0 Å². The summed E-state index contributed by atoms with van der Waals surface area (Å²) < 4.78 is 24.8. The van der Waals surface area contributed by atoms with Crippen molar-refractivity contribution in [1.82, 2.24) is 14.9 Å². The largest absolute Gasteiger partial charge is 0.311 e. The number of hydrogen-bond donors (Lipinski definition) is 2. The van der Waals surface area contributed by atoms with E-state index in [2.05, 4.69) is 58.3 Å². The molecule has 160 valence electrons. The Bertz CT molecular complexity index is 720. The summed E-state index contributed by atoms with van der Waals surface area (Å²) in [5, 5.41) is 3.83. The minimum absolute atomic E-state index is 0. The SMILES string of the molecule is C/C(=C\c1ccccc1)[C@@H]1C[C@H]1NC1CCN(CCNS(C)(=O)=O)CC1.Cl.Cl. The molecule has 0 amide bonds. The maximum Gasteiger partial charge on any atom is 0.208 e. The van der Waals surface area contributed by atoms with Gasteiger partial charge in [-0.3, -0.25) is 0 Å². The molecule has 1 saturated carbocycles. The second kappa shape index (κ2) is 11.5. The van der Waals surface area contributed by atoms with Gasteiger partial charge in [0.2, 0.25) is 10.0 Å². The number of benzene rings is 1. The van der Waals surface area contributed by atoms with Gasteiger partial charge in [-0.2, -0.15) is 0 Å². The normalized spacial score (nSPS) is 23.6. The first-order valence-corrected chi connectivity index (χ1v) is 11.5. The highest BCUT2D eigenvalue weighted by molar-refractivity contribution is 7.88. The summed E-state index contributed by atoms with van der Waals surface area (Å²) in [5.74, 6) is 0.673. The van der Waals surface area contributed by atoms with E-state index in [1.54, 1.807) is 0 Å². The molecule has 0 aromatic heterocycles. The zero-order valence-electron chi connectivity index (χ0n) is 16.6. The molecule has 1 heterocycles. The maximum atomic E-state index is 11.1. The van der Waals surface area contributed by atoms with Gasteiger partial charge in [-0.1, -0.05) is 42.0 Å². The first-order valence-electron chi connectivity index (χ1n) is 9.57. The third-order valence-corrected chi connectivity index (χ3v) is 6.13. The molecule has 8 heteroatoms. The Morgan fingerprint density at radius 1 is 1.18 bits per heavy atom. The van der Waals surface area contributed by atoms with Crippen molar-refractivity contribution in [3.05, 3.63) is 41.5 Å². The summed E-state index contributed by atoms with van der Waals surface area (Å²) in [6, 6.07) is 11.7. The van der Waals surface area contributed by atoms with Crippen LogP contribution in [0.4, 0.5) is 0 Å². The Kier molecular flexibility index (Phi) is 10.5. The van der Waals surface area contributed by atoms with Gasteiger partial charge in [0.15, 0.2) is 0 Å². The fourth-order valence-corrected chi connectivity index (χ4v) is 4.28. The van der Waals surface area contributed by atoms with Crippen molar-refractivity contribution < 1.29 is 8.42 Å². The smallest absolute Gasteiger partial charge is 0.208 e. The van der Waals surface area contributed by atoms with Crippen LogP contribution in [-0.4, -0.2) is 57.8 Å². The van der Waals surface area contributed by atoms with Crippen molar-refractivity contribution in [2.45, 2.75) is 38.3 Å². The molecule has 2 atom stereocenters. The van der Waals surface area contributed by atoms with E-state index in [4.69, 9.17) is 0 Å². The fraction of sp³-hybridized carbons (Fsp3) is 0.600. The van der Waals surface area contributed by atoms with Gasteiger partial charge in [0.25, 0.3) is 0 Å². The van der Waals surface area contributed by atoms with E-state index in [9.17, 15) is 8.42 Å². The summed E-state index contributed by atoms with van der Waals surface area (Å²) in [4.78, 5) is 2.35. The highest BCUT2D eigenvalue weighted by Gasteiger charge is 2.39. The number of sulfonamides is 1. The Labute approximate surface area is 182 Å². The predicted molar refractivity (Wildman–Crippen MR) is 122 cm³/mol. The summed E-state index contributed by atoms with van der Waals surface area (Å²) >= 11 is 0. The summed E-state index contributed by atoms with van der Waals surface area (Å²) in [6.07, 6.45) is 7.05. The third-order valence-electron chi connectivity index (χ3n) is 5.40. The number of likely N-dealkylation sites (tertiary alicyclic amines) is 1. The molecule has 1 aromatic rings. The van der Waals surface area contributed by atoms with Gasteiger partial charge in [-0.15, -0.1) is 24.8 Å². The molecule has 28 heavy (non-hydrogen) atoms. The van der Waals surface area contributed by atoms with Gasteiger partial charge in [0.1, 0.15) is 0 Å². The van der Waals surface area contributed by atoms with Gasteiger partial charge in [-0.05, 0) is 50.8 Å². The van der Waals surface area contributed by atoms with Crippen LogP contribution in [0.1, 0.15) is 31.7 Å². The van der Waals surface area contributed by atoms with Crippen LogP contribution in [0.15, 0.2) is 35.9 Å².